The van der Waals surface area contributed by atoms with Crippen molar-refractivity contribution in [2.24, 2.45) is 0 Å². The third-order valence-electron chi connectivity index (χ3n) is 3.46. The maximum absolute atomic E-state index is 12.2. The first-order valence-corrected chi connectivity index (χ1v) is 7.76. The summed E-state index contributed by atoms with van der Waals surface area (Å²) in [5.41, 5.74) is 2.27. The molecule has 2 N–H and O–H groups in total. The van der Waals surface area contributed by atoms with Gasteiger partial charge in [0.15, 0.2) is 0 Å². The summed E-state index contributed by atoms with van der Waals surface area (Å²) in [4.78, 5) is 24.8. The van der Waals surface area contributed by atoms with Gasteiger partial charge in [-0.2, -0.15) is 0 Å². The number of thiophene rings is 1. The van der Waals surface area contributed by atoms with Gasteiger partial charge in [0.2, 0.25) is 5.91 Å². The lowest BCUT2D eigenvalue weighted by molar-refractivity contribution is -0.115. The van der Waals surface area contributed by atoms with Crippen LogP contribution in [0.4, 0.5) is 5.69 Å². The molecule has 0 saturated carbocycles. The smallest absolute Gasteiger partial charge is 0.251 e. The SMILES string of the molecule is CC(Cc1cccs1)NC(=O)c1ccc2c(c1)NC(=O)C2. The van der Waals surface area contributed by atoms with Crippen LogP contribution >= 0.6 is 11.3 Å². The van der Waals surface area contributed by atoms with Gasteiger partial charge in [0.25, 0.3) is 5.91 Å². The number of carbonyl (C=O) groups is 2. The fourth-order valence-corrected chi connectivity index (χ4v) is 3.28. The number of anilines is 1. The van der Waals surface area contributed by atoms with Gasteiger partial charge in [-0.15, -0.1) is 11.3 Å². The maximum Gasteiger partial charge on any atom is 0.251 e. The van der Waals surface area contributed by atoms with Crippen LogP contribution in [0, 0.1) is 0 Å². The summed E-state index contributed by atoms with van der Waals surface area (Å²) in [6, 6.07) is 9.50. The minimum absolute atomic E-state index is 0.0198. The Labute approximate surface area is 127 Å². The fourth-order valence-electron chi connectivity index (χ4n) is 2.44. The first-order chi connectivity index (χ1) is 10.1. The number of benzene rings is 1. The van der Waals surface area contributed by atoms with E-state index in [0.29, 0.717) is 12.0 Å². The lowest BCUT2D eigenvalue weighted by Gasteiger charge is -2.13. The molecule has 1 aliphatic rings. The lowest BCUT2D eigenvalue weighted by Crippen LogP contribution is -2.33. The molecule has 5 heteroatoms. The third kappa shape index (κ3) is 3.13. The summed E-state index contributed by atoms with van der Waals surface area (Å²) in [6.07, 6.45) is 1.22. The standard InChI is InChI=1S/C16H16N2O2S/c1-10(7-13-3-2-6-21-13)17-16(20)12-5-4-11-9-15(19)18-14(11)8-12/h2-6,8,10H,7,9H2,1H3,(H,17,20)(H,18,19). The van der Waals surface area contributed by atoms with E-state index >= 15 is 0 Å². The number of rotatable bonds is 4. The Bertz CT molecular complexity index is 680. The maximum atomic E-state index is 12.2. The molecular formula is C16H16N2O2S. The summed E-state index contributed by atoms with van der Waals surface area (Å²) < 4.78 is 0. The zero-order chi connectivity index (χ0) is 14.8. The van der Waals surface area contributed by atoms with Crippen LogP contribution in [0.1, 0.15) is 27.7 Å². The van der Waals surface area contributed by atoms with E-state index < -0.39 is 0 Å². The normalized spacial score (nSPS) is 14.4. The van der Waals surface area contributed by atoms with Gasteiger partial charge in [-0.05, 0) is 36.1 Å². The lowest BCUT2D eigenvalue weighted by atomic mass is 10.1. The van der Waals surface area contributed by atoms with Crippen molar-refractivity contribution in [3.05, 3.63) is 51.7 Å². The Morgan fingerprint density at radius 1 is 1.43 bits per heavy atom. The molecule has 0 fully saturated rings. The zero-order valence-corrected chi connectivity index (χ0v) is 12.5. The minimum atomic E-state index is -0.108. The number of hydrogen-bond acceptors (Lipinski definition) is 3. The van der Waals surface area contributed by atoms with Crippen molar-refractivity contribution in [3.63, 3.8) is 0 Å². The van der Waals surface area contributed by atoms with Crippen LogP contribution in [0.25, 0.3) is 0 Å². The molecule has 1 atom stereocenters. The van der Waals surface area contributed by atoms with Gasteiger partial charge >= 0.3 is 0 Å². The molecule has 2 amide bonds. The highest BCUT2D eigenvalue weighted by atomic mass is 32.1. The molecular weight excluding hydrogens is 284 g/mol. The third-order valence-corrected chi connectivity index (χ3v) is 4.36. The predicted octanol–water partition coefficient (Wildman–Crippen LogP) is 2.60. The predicted molar refractivity (Wildman–Crippen MR) is 83.7 cm³/mol. The quantitative estimate of drug-likeness (QED) is 0.912. The number of amides is 2. The average Bonchev–Trinajstić information content (AvgIpc) is 3.05. The summed E-state index contributed by atoms with van der Waals surface area (Å²) in [6.45, 7) is 1.99. The Hall–Kier alpha value is -2.14. The van der Waals surface area contributed by atoms with Crippen LogP contribution in [0.15, 0.2) is 35.7 Å². The Kier molecular flexibility index (Phi) is 3.75. The van der Waals surface area contributed by atoms with Crippen LogP contribution in [-0.2, 0) is 17.6 Å². The van der Waals surface area contributed by atoms with E-state index in [1.54, 1.807) is 23.5 Å². The number of nitrogens with one attached hydrogen (secondary N) is 2. The molecule has 0 saturated heterocycles. The van der Waals surface area contributed by atoms with Crippen LogP contribution in [0.3, 0.4) is 0 Å². The van der Waals surface area contributed by atoms with Gasteiger partial charge < -0.3 is 10.6 Å². The summed E-state index contributed by atoms with van der Waals surface area (Å²) in [5.74, 6) is -0.128. The molecule has 1 aliphatic heterocycles. The van der Waals surface area contributed by atoms with Crippen LogP contribution in [0.5, 0.6) is 0 Å². The van der Waals surface area contributed by atoms with Crippen molar-refractivity contribution >= 4 is 28.8 Å². The van der Waals surface area contributed by atoms with Gasteiger partial charge in [0, 0.05) is 28.6 Å². The van der Waals surface area contributed by atoms with Crippen molar-refractivity contribution < 1.29 is 9.59 Å². The van der Waals surface area contributed by atoms with E-state index in [4.69, 9.17) is 0 Å². The van der Waals surface area contributed by atoms with Gasteiger partial charge in [0.1, 0.15) is 0 Å². The van der Waals surface area contributed by atoms with E-state index in [2.05, 4.69) is 16.7 Å². The summed E-state index contributed by atoms with van der Waals surface area (Å²) >= 11 is 1.69. The van der Waals surface area contributed by atoms with E-state index in [-0.39, 0.29) is 17.9 Å². The molecule has 108 valence electrons. The molecule has 2 heterocycles. The molecule has 0 aliphatic carbocycles. The van der Waals surface area contributed by atoms with Crippen LogP contribution in [-0.4, -0.2) is 17.9 Å². The first-order valence-electron chi connectivity index (χ1n) is 6.88. The number of carbonyl (C=O) groups excluding carboxylic acids is 2. The van der Waals surface area contributed by atoms with E-state index in [1.165, 1.54) is 4.88 Å². The van der Waals surface area contributed by atoms with Gasteiger partial charge in [0.05, 0.1) is 6.42 Å². The van der Waals surface area contributed by atoms with Gasteiger partial charge in [-0.3, -0.25) is 9.59 Å². The minimum Gasteiger partial charge on any atom is -0.349 e. The van der Waals surface area contributed by atoms with Crippen LogP contribution < -0.4 is 10.6 Å². The fraction of sp³-hybridized carbons (Fsp3) is 0.250. The second-order valence-corrected chi connectivity index (χ2v) is 6.29. The number of hydrogen-bond donors (Lipinski definition) is 2. The zero-order valence-electron chi connectivity index (χ0n) is 11.7. The van der Waals surface area contributed by atoms with E-state index in [0.717, 1.165) is 17.7 Å². The van der Waals surface area contributed by atoms with Crippen molar-refractivity contribution in [3.8, 4) is 0 Å². The van der Waals surface area contributed by atoms with Gasteiger partial charge in [-0.25, -0.2) is 0 Å². The highest BCUT2D eigenvalue weighted by molar-refractivity contribution is 7.09. The molecule has 0 spiro atoms. The number of fused-ring (bicyclic) bond motifs is 1. The van der Waals surface area contributed by atoms with Crippen molar-refractivity contribution in [2.45, 2.75) is 25.8 Å². The Morgan fingerprint density at radius 2 is 2.29 bits per heavy atom. The summed E-state index contributed by atoms with van der Waals surface area (Å²) in [7, 11) is 0. The Balaban J connectivity index is 1.66. The molecule has 0 bridgehead atoms. The molecule has 1 unspecified atom stereocenters. The highest BCUT2D eigenvalue weighted by Gasteiger charge is 2.19. The van der Waals surface area contributed by atoms with Crippen molar-refractivity contribution in [1.29, 1.82) is 0 Å². The second kappa shape index (κ2) is 5.69. The first kappa shape index (κ1) is 13.8. The monoisotopic (exact) mass is 300 g/mol. The Morgan fingerprint density at radius 3 is 3.05 bits per heavy atom. The molecule has 3 rings (SSSR count). The second-order valence-electron chi connectivity index (χ2n) is 5.25. The van der Waals surface area contributed by atoms with E-state index in [9.17, 15) is 9.59 Å². The topological polar surface area (TPSA) is 58.2 Å². The van der Waals surface area contributed by atoms with Crippen LogP contribution in [0.2, 0.25) is 0 Å². The largest absolute Gasteiger partial charge is 0.349 e. The van der Waals surface area contributed by atoms with E-state index in [1.807, 2.05) is 24.4 Å². The molecule has 2 aromatic rings. The highest BCUT2D eigenvalue weighted by Crippen LogP contribution is 2.24. The van der Waals surface area contributed by atoms with Crippen molar-refractivity contribution in [1.82, 2.24) is 5.32 Å². The summed E-state index contributed by atoms with van der Waals surface area (Å²) in [5, 5.41) is 7.79. The van der Waals surface area contributed by atoms with Gasteiger partial charge in [-0.1, -0.05) is 12.1 Å². The molecule has 1 aromatic carbocycles. The average molecular weight is 300 g/mol. The molecule has 1 aromatic heterocycles. The molecule has 21 heavy (non-hydrogen) atoms. The molecule has 0 radical (unpaired) electrons. The van der Waals surface area contributed by atoms with Crippen molar-refractivity contribution in [2.75, 3.05) is 5.32 Å². The molecule has 4 nitrogen and oxygen atoms in total.